The smallest absolute Gasteiger partial charge is 0.0599 e. The average molecular weight is 163 g/mol. The van der Waals surface area contributed by atoms with Crippen LogP contribution in [-0.2, 0) is 0 Å². The predicted molar refractivity (Wildman–Crippen MR) is 52.4 cm³/mol. The molecule has 0 bridgehead atoms. The summed E-state index contributed by atoms with van der Waals surface area (Å²) in [5.74, 6) is 0. The molecule has 1 atom stereocenters. The SMILES string of the molecule is C=CC(N)c1cccc(N)c1N. The van der Waals surface area contributed by atoms with E-state index in [9.17, 15) is 0 Å². The lowest BCUT2D eigenvalue weighted by molar-refractivity contribution is 0.918. The fourth-order valence-corrected chi connectivity index (χ4v) is 1.02. The van der Waals surface area contributed by atoms with Crippen LogP contribution in [0.15, 0.2) is 30.9 Å². The maximum atomic E-state index is 5.71. The molecular weight excluding hydrogens is 150 g/mol. The van der Waals surface area contributed by atoms with Gasteiger partial charge in [-0.05, 0) is 11.6 Å². The molecule has 0 aliphatic rings. The number of hydrogen-bond donors (Lipinski definition) is 3. The molecule has 12 heavy (non-hydrogen) atoms. The van der Waals surface area contributed by atoms with Gasteiger partial charge in [-0.25, -0.2) is 0 Å². The van der Waals surface area contributed by atoms with Crippen LogP contribution in [-0.4, -0.2) is 0 Å². The van der Waals surface area contributed by atoms with Crippen LogP contribution in [0.1, 0.15) is 11.6 Å². The first-order valence-corrected chi connectivity index (χ1v) is 3.68. The number of hydrogen-bond acceptors (Lipinski definition) is 3. The summed E-state index contributed by atoms with van der Waals surface area (Å²) in [6, 6.07) is 5.17. The van der Waals surface area contributed by atoms with Crippen LogP contribution >= 0.6 is 0 Å². The van der Waals surface area contributed by atoms with Gasteiger partial charge in [-0.15, -0.1) is 6.58 Å². The maximum Gasteiger partial charge on any atom is 0.0599 e. The summed E-state index contributed by atoms with van der Waals surface area (Å²) in [7, 11) is 0. The van der Waals surface area contributed by atoms with Crippen molar-refractivity contribution in [3.05, 3.63) is 36.4 Å². The van der Waals surface area contributed by atoms with E-state index >= 15 is 0 Å². The van der Waals surface area contributed by atoms with Crippen molar-refractivity contribution in [1.29, 1.82) is 0 Å². The van der Waals surface area contributed by atoms with Crippen LogP contribution in [0, 0.1) is 0 Å². The Kier molecular flexibility index (Phi) is 2.35. The molecule has 1 aromatic rings. The van der Waals surface area contributed by atoms with Crippen molar-refractivity contribution in [2.24, 2.45) is 5.73 Å². The summed E-state index contributed by atoms with van der Waals surface area (Å²) < 4.78 is 0. The highest BCUT2D eigenvalue weighted by Crippen LogP contribution is 2.24. The Morgan fingerprint density at radius 2 is 2.00 bits per heavy atom. The van der Waals surface area contributed by atoms with Gasteiger partial charge in [0.25, 0.3) is 0 Å². The Labute approximate surface area is 71.9 Å². The van der Waals surface area contributed by atoms with Crippen LogP contribution in [0.25, 0.3) is 0 Å². The van der Waals surface area contributed by atoms with Crippen molar-refractivity contribution >= 4 is 11.4 Å². The van der Waals surface area contributed by atoms with Gasteiger partial charge in [0.1, 0.15) is 0 Å². The molecule has 0 saturated heterocycles. The van der Waals surface area contributed by atoms with E-state index in [2.05, 4.69) is 6.58 Å². The second kappa shape index (κ2) is 3.28. The zero-order valence-corrected chi connectivity index (χ0v) is 6.83. The van der Waals surface area contributed by atoms with E-state index in [4.69, 9.17) is 17.2 Å². The summed E-state index contributed by atoms with van der Waals surface area (Å²) in [4.78, 5) is 0. The summed E-state index contributed by atoms with van der Waals surface area (Å²) >= 11 is 0. The number of anilines is 2. The van der Waals surface area contributed by atoms with Gasteiger partial charge in [-0.2, -0.15) is 0 Å². The molecule has 1 rings (SSSR count). The summed E-state index contributed by atoms with van der Waals surface area (Å²) in [6.07, 6.45) is 1.63. The van der Waals surface area contributed by atoms with Gasteiger partial charge in [0.2, 0.25) is 0 Å². The fraction of sp³-hybridized carbons (Fsp3) is 0.111. The average Bonchev–Trinajstić information content (AvgIpc) is 2.08. The Bertz CT molecular complexity index is 294. The molecule has 0 saturated carbocycles. The number of benzene rings is 1. The maximum absolute atomic E-state index is 5.71. The van der Waals surface area contributed by atoms with Crippen molar-refractivity contribution in [3.63, 3.8) is 0 Å². The number of rotatable bonds is 2. The van der Waals surface area contributed by atoms with Crippen LogP contribution in [0.3, 0.4) is 0 Å². The van der Waals surface area contributed by atoms with Crippen molar-refractivity contribution in [2.45, 2.75) is 6.04 Å². The van der Waals surface area contributed by atoms with E-state index in [1.54, 1.807) is 12.1 Å². The van der Waals surface area contributed by atoms with Crippen LogP contribution in [0.5, 0.6) is 0 Å². The first-order chi connectivity index (χ1) is 5.66. The second-order valence-corrected chi connectivity index (χ2v) is 2.61. The van der Waals surface area contributed by atoms with Gasteiger partial charge in [0.05, 0.1) is 11.4 Å². The van der Waals surface area contributed by atoms with E-state index in [1.165, 1.54) is 0 Å². The molecular formula is C9H13N3. The molecule has 3 heteroatoms. The molecule has 6 N–H and O–H groups in total. The lowest BCUT2D eigenvalue weighted by Gasteiger charge is -2.11. The quantitative estimate of drug-likeness (QED) is 0.450. The van der Waals surface area contributed by atoms with Crippen molar-refractivity contribution in [1.82, 2.24) is 0 Å². The van der Waals surface area contributed by atoms with Crippen LogP contribution < -0.4 is 17.2 Å². The van der Waals surface area contributed by atoms with Gasteiger partial charge in [0, 0.05) is 6.04 Å². The highest BCUT2D eigenvalue weighted by molar-refractivity contribution is 5.68. The largest absolute Gasteiger partial charge is 0.397 e. The third-order valence-electron chi connectivity index (χ3n) is 1.79. The fourth-order valence-electron chi connectivity index (χ4n) is 1.02. The molecule has 0 aliphatic carbocycles. The van der Waals surface area contributed by atoms with Crippen molar-refractivity contribution in [2.75, 3.05) is 11.5 Å². The van der Waals surface area contributed by atoms with Crippen LogP contribution in [0.2, 0.25) is 0 Å². The number of nitrogens with two attached hydrogens (primary N) is 3. The monoisotopic (exact) mass is 163 g/mol. The zero-order chi connectivity index (χ0) is 9.14. The Morgan fingerprint density at radius 1 is 1.33 bits per heavy atom. The zero-order valence-electron chi connectivity index (χ0n) is 6.83. The molecule has 0 radical (unpaired) electrons. The minimum absolute atomic E-state index is 0.242. The van der Waals surface area contributed by atoms with Crippen molar-refractivity contribution < 1.29 is 0 Å². The molecule has 0 fully saturated rings. The molecule has 0 aliphatic heterocycles. The summed E-state index contributed by atoms with van der Waals surface area (Å²) in [5.41, 5.74) is 18.9. The van der Waals surface area contributed by atoms with E-state index < -0.39 is 0 Å². The van der Waals surface area contributed by atoms with Gasteiger partial charge < -0.3 is 17.2 Å². The van der Waals surface area contributed by atoms with Gasteiger partial charge in [0.15, 0.2) is 0 Å². The highest BCUT2D eigenvalue weighted by atomic mass is 14.7. The second-order valence-electron chi connectivity index (χ2n) is 2.61. The van der Waals surface area contributed by atoms with Crippen LogP contribution in [0.4, 0.5) is 11.4 Å². The topological polar surface area (TPSA) is 78.1 Å². The third kappa shape index (κ3) is 1.40. The van der Waals surface area contributed by atoms with Gasteiger partial charge in [-0.3, -0.25) is 0 Å². The number of para-hydroxylation sites is 1. The molecule has 0 spiro atoms. The normalized spacial score (nSPS) is 12.4. The Balaban J connectivity index is 3.15. The van der Waals surface area contributed by atoms with E-state index in [0.29, 0.717) is 11.4 Å². The first-order valence-electron chi connectivity index (χ1n) is 3.68. The minimum Gasteiger partial charge on any atom is -0.397 e. The summed E-state index contributed by atoms with van der Waals surface area (Å²) in [6.45, 7) is 3.59. The molecule has 0 amide bonds. The van der Waals surface area contributed by atoms with E-state index in [0.717, 1.165) is 5.56 Å². The highest BCUT2D eigenvalue weighted by Gasteiger charge is 2.06. The standard InChI is InChI=1S/C9H13N3/c1-2-7(10)6-4-3-5-8(11)9(6)12/h2-5,7H,1,10-12H2. The molecule has 1 aromatic carbocycles. The third-order valence-corrected chi connectivity index (χ3v) is 1.79. The number of nitrogen functional groups attached to an aromatic ring is 2. The predicted octanol–water partition coefficient (Wildman–Crippen LogP) is 1.04. The minimum atomic E-state index is -0.242. The molecule has 3 nitrogen and oxygen atoms in total. The molecule has 64 valence electrons. The lowest BCUT2D eigenvalue weighted by Crippen LogP contribution is -2.10. The first kappa shape index (κ1) is 8.62. The Morgan fingerprint density at radius 3 is 2.58 bits per heavy atom. The van der Waals surface area contributed by atoms with E-state index in [1.807, 2.05) is 12.1 Å². The summed E-state index contributed by atoms with van der Waals surface area (Å²) in [5, 5.41) is 0. The lowest BCUT2D eigenvalue weighted by atomic mass is 10.0. The van der Waals surface area contributed by atoms with Crippen molar-refractivity contribution in [3.8, 4) is 0 Å². The molecule has 0 aromatic heterocycles. The molecule has 1 unspecified atom stereocenters. The Hall–Kier alpha value is -1.48. The van der Waals surface area contributed by atoms with Gasteiger partial charge >= 0.3 is 0 Å². The van der Waals surface area contributed by atoms with Gasteiger partial charge in [-0.1, -0.05) is 18.2 Å². The molecule has 0 heterocycles. The van der Waals surface area contributed by atoms with E-state index in [-0.39, 0.29) is 6.04 Å².